The Morgan fingerprint density at radius 1 is 1.47 bits per heavy atom. The van der Waals surface area contributed by atoms with E-state index < -0.39 is 0 Å². The van der Waals surface area contributed by atoms with Gasteiger partial charge in [-0.15, -0.1) is 0 Å². The largest absolute Gasteiger partial charge is 0.325 e. The second-order valence-electron chi connectivity index (χ2n) is 4.70. The molecule has 4 heteroatoms. The smallest absolute Gasteiger partial charge is 0.106 e. The zero-order valence-corrected chi connectivity index (χ0v) is 10.0. The number of benzene rings is 1. The van der Waals surface area contributed by atoms with Crippen LogP contribution < -0.4 is 5.90 Å². The Balaban J connectivity index is 2.00. The van der Waals surface area contributed by atoms with E-state index in [1.807, 2.05) is 0 Å². The van der Waals surface area contributed by atoms with E-state index >= 15 is 0 Å². The fourth-order valence-electron chi connectivity index (χ4n) is 2.39. The van der Waals surface area contributed by atoms with Crippen molar-refractivity contribution in [2.24, 2.45) is 5.90 Å². The Morgan fingerprint density at radius 2 is 2.29 bits per heavy atom. The van der Waals surface area contributed by atoms with Crippen molar-refractivity contribution in [3.05, 3.63) is 29.6 Å². The van der Waals surface area contributed by atoms with E-state index in [1.54, 1.807) is 0 Å². The second kappa shape index (κ2) is 4.13. The lowest BCUT2D eigenvalue weighted by Crippen LogP contribution is -2.03. The first-order valence-electron chi connectivity index (χ1n) is 6.09. The van der Waals surface area contributed by atoms with Gasteiger partial charge in [-0.1, -0.05) is 6.07 Å². The van der Waals surface area contributed by atoms with E-state index in [-0.39, 0.29) is 0 Å². The number of aromatic nitrogens is 2. The topological polar surface area (TPSA) is 53.1 Å². The van der Waals surface area contributed by atoms with Crippen molar-refractivity contribution in [1.82, 2.24) is 9.55 Å². The van der Waals surface area contributed by atoms with Gasteiger partial charge < -0.3 is 9.40 Å². The maximum absolute atomic E-state index is 5.05. The van der Waals surface area contributed by atoms with Crippen LogP contribution in [0.1, 0.15) is 30.3 Å². The fraction of sp³-hybridized carbons (Fsp3) is 0.462. The lowest BCUT2D eigenvalue weighted by molar-refractivity contribution is 0.141. The van der Waals surface area contributed by atoms with Gasteiger partial charge in [0.1, 0.15) is 5.82 Å². The highest BCUT2D eigenvalue weighted by atomic mass is 16.6. The van der Waals surface area contributed by atoms with Crippen molar-refractivity contribution in [2.75, 3.05) is 6.61 Å². The van der Waals surface area contributed by atoms with Crippen molar-refractivity contribution in [2.45, 2.75) is 32.2 Å². The average Bonchev–Trinajstić information content (AvgIpc) is 3.09. The molecular formula is C13H17N3O. The van der Waals surface area contributed by atoms with Crippen LogP contribution in [0.4, 0.5) is 0 Å². The predicted molar refractivity (Wildman–Crippen MR) is 66.6 cm³/mol. The summed E-state index contributed by atoms with van der Waals surface area (Å²) < 4.78 is 2.36. The monoisotopic (exact) mass is 231 g/mol. The number of hydrogen-bond donors (Lipinski definition) is 1. The molecule has 1 heterocycles. The van der Waals surface area contributed by atoms with Gasteiger partial charge in [-0.3, -0.25) is 0 Å². The van der Waals surface area contributed by atoms with E-state index in [2.05, 4.69) is 39.5 Å². The molecule has 1 fully saturated rings. The first-order chi connectivity index (χ1) is 8.29. The van der Waals surface area contributed by atoms with Crippen LogP contribution in [-0.4, -0.2) is 16.2 Å². The van der Waals surface area contributed by atoms with Crippen LogP contribution in [0.5, 0.6) is 0 Å². The lowest BCUT2D eigenvalue weighted by atomic mass is 10.1. The molecule has 0 radical (unpaired) electrons. The summed E-state index contributed by atoms with van der Waals surface area (Å²) in [5, 5.41) is 0. The summed E-state index contributed by atoms with van der Waals surface area (Å²) in [6, 6.07) is 7.12. The third-order valence-electron chi connectivity index (χ3n) is 3.35. The van der Waals surface area contributed by atoms with Crippen molar-refractivity contribution in [1.29, 1.82) is 0 Å². The summed E-state index contributed by atoms with van der Waals surface area (Å²) in [6.07, 6.45) is 3.41. The fourth-order valence-corrected chi connectivity index (χ4v) is 2.39. The van der Waals surface area contributed by atoms with E-state index in [0.29, 0.717) is 12.6 Å². The molecule has 2 aromatic rings. The summed E-state index contributed by atoms with van der Waals surface area (Å²) in [7, 11) is 0. The van der Waals surface area contributed by atoms with Gasteiger partial charge in [0.15, 0.2) is 0 Å². The zero-order chi connectivity index (χ0) is 11.8. The van der Waals surface area contributed by atoms with Gasteiger partial charge in [0.25, 0.3) is 0 Å². The molecule has 1 aliphatic carbocycles. The van der Waals surface area contributed by atoms with Crippen molar-refractivity contribution in [3.63, 3.8) is 0 Å². The number of aryl methyl sites for hydroxylation is 1. The minimum atomic E-state index is 0.549. The van der Waals surface area contributed by atoms with Gasteiger partial charge in [-0.05, 0) is 43.9 Å². The van der Waals surface area contributed by atoms with Crippen LogP contribution in [0.3, 0.4) is 0 Å². The second-order valence-corrected chi connectivity index (χ2v) is 4.70. The first kappa shape index (κ1) is 10.7. The van der Waals surface area contributed by atoms with E-state index in [9.17, 15) is 0 Å². The van der Waals surface area contributed by atoms with Gasteiger partial charge in [0, 0.05) is 6.04 Å². The molecule has 0 bridgehead atoms. The first-order valence-corrected chi connectivity index (χ1v) is 6.09. The Labute approximate surface area is 100 Å². The minimum Gasteiger partial charge on any atom is -0.325 e. The molecule has 2 N–H and O–H groups in total. The number of fused-ring (bicyclic) bond motifs is 1. The summed E-state index contributed by atoms with van der Waals surface area (Å²) in [6.45, 7) is 2.63. The van der Waals surface area contributed by atoms with Crippen LogP contribution >= 0.6 is 0 Å². The van der Waals surface area contributed by atoms with Crippen molar-refractivity contribution >= 4 is 11.0 Å². The van der Waals surface area contributed by atoms with Crippen LogP contribution in [0.25, 0.3) is 11.0 Å². The Morgan fingerprint density at radius 3 is 3.00 bits per heavy atom. The predicted octanol–water partition coefficient (Wildman–Crippen LogP) is 2.11. The van der Waals surface area contributed by atoms with Crippen molar-refractivity contribution in [3.8, 4) is 0 Å². The van der Waals surface area contributed by atoms with Crippen LogP contribution in [0.15, 0.2) is 18.2 Å². The molecule has 0 atom stereocenters. The maximum Gasteiger partial charge on any atom is 0.106 e. The Bertz CT molecular complexity index is 543. The molecule has 1 saturated carbocycles. The Hall–Kier alpha value is -1.39. The minimum absolute atomic E-state index is 0.549. The number of nitrogens with two attached hydrogens (primary N) is 1. The molecule has 0 spiro atoms. The Kier molecular flexibility index (Phi) is 2.61. The molecular weight excluding hydrogens is 214 g/mol. The van der Waals surface area contributed by atoms with E-state index in [0.717, 1.165) is 17.8 Å². The highest BCUT2D eigenvalue weighted by Gasteiger charge is 2.26. The SMILES string of the molecule is Cc1nc2cc(CCON)ccc2n1C1CC1. The quantitative estimate of drug-likeness (QED) is 0.820. The molecule has 4 nitrogen and oxygen atoms in total. The molecule has 0 aliphatic heterocycles. The highest BCUT2D eigenvalue weighted by molar-refractivity contribution is 5.77. The summed E-state index contributed by atoms with van der Waals surface area (Å²) in [5.41, 5.74) is 3.56. The summed E-state index contributed by atoms with van der Waals surface area (Å²) in [4.78, 5) is 9.24. The third kappa shape index (κ3) is 1.94. The summed E-state index contributed by atoms with van der Waals surface area (Å²) >= 11 is 0. The van der Waals surface area contributed by atoms with Gasteiger partial charge >= 0.3 is 0 Å². The molecule has 1 aromatic heterocycles. The molecule has 1 aliphatic rings. The molecule has 17 heavy (non-hydrogen) atoms. The molecule has 0 unspecified atom stereocenters. The zero-order valence-electron chi connectivity index (χ0n) is 10.0. The maximum atomic E-state index is 5.05. The van der Waals surface area contributed by atoms with Crippen molar-refractivity contribution < 1.29 is 4.84 Å². The summed E-state index contributed by atoms with van der Waals surface area (Å²) in [5.74, 6) is 6.17. The molecule has 0 saturated heterocycles. The van der Waals surface area contributed by atoms with Gasteiger partial charge in [0.2, 0.25) is 0 Å². The van der Waals surface area contributed by atoms with Crippen LogP contribution in [0.2, 0.25) is 0 Å². The third-order valence-corrected chi connectivity index (χ3v) is 3.35. The van der Waals surface area contributed by atoms with E-state index in [4.69, 9.17) is 5.90 Å². The highest BCUT2D eigenvalue weighted by Crippen LogP contribution is 2.38. The van der Waals surface area contributed by atoms with Crippen LogP contribution in [0, 0.1) is 6.92 Å². The number of nitrogens with zero attached hydrogens (tertiary/aromatic N) is 2. The number of rotatable bonds is 4. The average molecular weight is 231 g/mol. The van der Waals surface area contributed by atoms with Gasteiger partial charge in [-0.2, -0.15) is 0 Å². The van der Waals surface area contributed by atoms with E-state index in [1.165, 1.54) is 23.9 Å². The number of hydrogen-bond acceptors (Lipinski definition) is 3. The molecule has 90 valence electrons. The van der Waals surface area contributed by atoms with Gasteiger partial charge in [0.05, 0.1) is 17.6 Å². The molecule has 1 aromatic carbocycles. The lowest BCUT2D eigenvalue weighted by Gasteiger charge is -2.04. The molecule has 3 rings (SSSR count). The number of imidazole rings is 1. The standard InChI is InChI=1S/C13H17N3O/c1-9-15-12-8-10(6-7-17-14)2-5-13(12)16(9)11-3-4-11/h2,5,8,11H,3-4,6-7,14H2,1H3. The normalized spacial score (nSPS) is 15.6. The van der Waals surface area contributed by atoms with Gasteiger partial charge in [-0.25, -0.2) is 10.9 Å². The van der Waals surface area contributed by atoms with Crippen LogP contribution in [-0.2, 0) is 11.3 Å². The molecule has 0 amide bonds.